The molecule has 9 nitrogen and oxygen atoms in total. The highest BCUT2D eigenvalue weighted by atomic mass is 32.2. The minimum atomic E-state index is -3.73. The molecule has 0 aromatic heterocycles. The fourth-order valence-electron chi connectivity index (χ4n) is 3.41. The van der Waals surface area contributed by atoms with E-state index in [2.05, 4.69) is 5.32 Å². The van der Waals surface area contributed by atoms with Gasteiger partial charge in [-0.2, -0.15) is 4.31 Å². The summed E-state index contributed by atoms with van der Waals surface area (Å²) < 4.78 is 48.3. The lowest BCUT2D eigenvalue weighted by molar-refractivity contribution is 0.0730. The molecule has 0 unspecified atom stereocenters. The lowest BCUT2D eigenvalue weighted by Gasteiger charge is -2.26. The molecular weight excluding hydrogens is 436 g/mol. The highest BCUT2D eigenvalue weighted by molar-refractivity contribution is 7.89. The summed E-state index contributed by atoms with van der Waals surface area (Å²) in [4.78, 5) is 12.9. The summed E-state index contributed by atoms with van der Waals surface area (Å²) in [5.41, 5.74) is 1.12. The third kappa shape index (κ3) is 5.32. The number of amides is 1. The number of methoxy groups -OCH3 is 3. The van der Waals surface area contributed by atoms with Crippen LogP contribution in [-0.2, 0) is 21.2 Å². The van der Waals surface area contributed by atoms with Crippen molar-refractivity contribution in [3.05, 3.63) is 47.5 Å². The summed E-state index contributed by atoms with van der Waals surface area (Å²) in [5.74, 6) is 1.12. The molecule has 0 saturated carbocycles. The van der Waals surface area contributed by atoms with Gasteiger partial charge in [0.05, 0.1) is 45.0 Å². The monoisotopic (exact) mass is 464 g/mol. The molecule has 3 rings (SSSR count). The molecule has 0 bridgehead atoms. The predicted octanol–water partition coefficient (Wildman–Crippen LogP) is 1.71. The molecule has 0 atom stereocenters. The molecule has 1 heterocycles. The Balaban J connectivity index is 1.72. The van der Waals surface area contributed by atoms with Crippen LogP contribution < -0.4 is 19.5 Å². The van der Waals surface area contributed by atoms with Gasteiger partial charge in [0.25, 0.3) is 5.91 Å². The summed E-state index contributed by atoms with van der Waals surface area (Å²) in [5, 5.41) is 2.83. The molecule has 1 aliphatic heterocycles. The van der Waals surface area contributed by atoms with Crippen LogP contribution in [0.3, 0.4) is 0 Å². The van der Waals surface area contributed by atoms with Crippen molar-refractivity contribution >= 4 is 15.9 Å². The zero-order valence-electron chi connectivity index (χ0n) is 18.4. The Labute approximate surface area is 188 Å². The first kappa shape index (κ1) is 23.8. The second-order valence-corrected chi connectivity index (χ2v) is 9.01. The number of carbonyl (C=O) groups excluding carboxylic acids is 1. The molecule has 1 amide bonds. The highest BCUT2D eigenvalue weighted by Gasteiger charge is 2.28. The van der Waals surface area contributed by atoms with Crippen LogP contribution >= 0.6 is 0 Å². The van der Waals surface area contributed by atoms with Crippen LogP contribution in [0.25, 0.3) is 0 Å². The van der Waals surface area contributed by atoms with Crippen LogP contribution in [0.1, 0.15) is 15.9 Å². The Bertz CT molecular complexity index is 1050. The summed E-state index contributed by atoms with van der Waals surface area (Å²) >= 11 is 0. The molecule has 1 fully saturated rings. The molecule has 0 aliphatic carbocycles. The van der Waals surface area contributed by atoms with E-state index in [-0.39, 0.29) is 23.5 Å². The van der Waals surface area contributed by atoms with E-state index >= 15 is 0 Å². The molecule has 2 aromatic carbocycles. The van der Waals surface area contributed by atoms with E-state index in [1.165, 1.54) is 29.6 Å². The predicted molar refractivity (Wildman–Crippen MR) is 118 cm³/mol. The van der Waals surface area contributed by atoms with Gasteiger partial charge in [-0.3, -0.25) is 4.79 Å². The maximum absolute atomic E-state index is 12.9. The van der Waals surface area contributed by atoms with E-state index < -0.39 is 15.9 Å². The number of nitrogens with one attached hydrogen (secondary N) is 1. The average molecular weight is 465 g/mol. The van der Waals surface area contributed by atoms with Crippen molar-refractivity contribution < 1.29 is 32.2 Å². The Morgan fingerprint density at radius 3 is 2.28 bits per heavy atom. The van der Waals surface area contributed by atoms with Crippen molar-refractivity contribution in [3.63, 3.8) is 0 Å². The molecule has 0 radical (unpaired) electrons. The number of rotatable bonds is 9. The molecule has 0 spiro atoms. The van der Waals surface area contributed by atoms with Gasteiger partial charge < -0.3 is 24.3 Å². The maximum Gasteiger partial charge on any atom is 0.255 e. The van der Waals surface area contributed by atoms with Crippen molar-refractivity contribution in [1.82, 2.24) is 9.62 Å². The zero-order chi connectivity index (χ0) is 23.1. The van der Waals surface area contributed by atoms with E-state index in [1.54, 1.807) is 20.3 Å². The van der Waals surface area contributed by atoms with E-state index in [0.29, 0.717) is 43.4 Å². The Hall–Kier alpha value is -2.82. The number of sulfonamides is 1. The average Bonchev–Trinajstić information content (AvgIpc) is 2.83. The van der Waals surface area contributed by atoms with Gasteiger partial charge in [0.15, 0.2) is 11.5 Å². The molecular formula is C22H28N2O7S. The second kappa shape index (κ2) is 10.7. The molecule has 1 saturated heterocycles. The summed E-state index contributed by atoms with van der Waals surface area (Å²) in [7, 11) is 0.839. The van der Waals surface area contributed by atoms with Gasteiger partial charge in [0.1, 0.15) is 5.75 Å². The topological polar surface area (TPSA) is 103 Å². The zero-order valence-corrected chi connectivity index (χ0v) is 19.2. The molecule has 174 valence electrons. The summed E-state index contributed by atoms with van der Waals surface area (Å²) in [6.07, 6.45) is 0.556. The largest absolute Gasteiger partial charge is 0.496 e. The molecule has 1 N–H and O–H groups in total. The standard InChI is InChI=1S/C22H28N2O7S/c1-28-19-7-5-17(32(26,27)24-10-12-31-13-11-24)15-18(19)22(25)23-9-8-16-4-6-20(29-2)21(14-16)30-3/h4-7,14-15H,8-13H2,1-3H3,(H,23,25). The van der Waals surface area contributed by atoms with Crippen molar-refractivity contribution in [2.75, 3.05) is 54.2 Å². The van der Waals surface area contributed by atoms with Gasteiger partial charge >= 0.3 is 0 Å². The van der Waals surface area contributed by atoms with Gasteiger partial charge in [0, 0.05) is 19.6 Å². The Morgan fingerprint density at radius 1 is 0.969 bits per heavy atom. The van der Waals surface area contributed by atoms with Gasteiger partial charge in [-0.05, 0) is 42.3 Å². The van der Waals surface area contributed by atoms with E-state index in [0.717, 1.165) is 5.56 Å². The van der Waals surface area contributed by atoms with Gasteiger partial charge in [0.2, 0.25) is 10.0 Å². The van der Waals surface area contributed by atoms with Crippen molar-refractivity contribution in [3.8, 4) is 17.2 Å². The van der Waals surface area contributed by atoms with Crippen LogP contribution in [0.5, 0.6) is 17.2 Å². The second-order valence-electron chi connectivity index (χ2n) is 7.07. The van der Waals surface area contributed by atoms with Crippen LogP contribution in [0, 0.1) is 0 Å². The lowest BCUT2D eigenvalue weighted by Crippen LogP contribution is -2.40. The van der Waals surface area contributed by atoms with Crippen molar-refractivity contribution in [2.45, 2.75) is 11.3 Å². The first-order valence-electron chi connectivity index (χ1n) is 10.2. The summed E-state index contributed by atoms with van der Waals surface area (Å²) in [6.45, 7) is 1.60. The number of nitrogens with zero attached hydrogens (tertiary/aromatic N) is 1. The number of hydrogen-bond donors (Lipinski definition) is 1. The fraction of sp³-hybridized carbons (Fsp3) is 0.409. The SMILES string of the molecule is COc1ccc(CCNC(=O)c2cc(S(=O)(=O)N3CCOCC3)ccc2OC)cc1OC. The van der Waals surface area contributed by atoms with Crippen molar-refractivity contribution in [2.24, 2.45) is 0 Å². The van der Waals surface area contributed by atoms with Gasteiger partial charge in [-0.15, -0.1) is 0 Å². The number of hydrogen-bond acceptors (Lipinski definition) is 7. The Morgan fingerprint density at radius 2 is 1.62 bits per heavy atom. The molecule has 2 aromatic rings. The first-order chi connectivity index (χ1) is 15.4. The minimum Gasteiger partial charge on any atom is -0.496 e. The Kier molecular flexibility index (Phi) is 7.94. The summed E-state index contributed by atoms with van der Waals surface area (Å²) in [6, 6.07) is 9.85. The quantitative estimate of drug-likeness (QED) is 0.603. The third-order valence-corrected chi connectivity index (χ3v) is 7.07. The van der Waals surface area contributed by atoms with E-state index in [1.807, 2.05) is 12.1 Å². The molecule has 10 heteroatoms. The normalized spacial score (nSPS) is 14.6. The highest BCUT2D eigenvalue weighted by Crippen LogP contribution is 2.28. The minimum absolute atomic E-state index is 0.0465. The van der Waals surface area contributed by atoms with Crippen LogP contribution in [0.2, 0.25) is 0 Å². The van der Waals surface area contributed by atoms with Crippen molar-refractivity contribution in [1.29, 1.82) is 0 Å². The third-order valence-electron chi connectivity index (χ3n) is 5.17. The van der Waals surface area contributed by atoms with Crippen LogP contribution in [0.15, 0.2) is 41.3 Å². The van der Waals surface area contributed by atoms with Crippen LogP contribution in [-0.4, -0.2) is 72.8 Å². The van der Waals surface area contributed by atoms with Crippen LogP contribution in [0.4, 0.5) is 0 Å². The first-order valence-corrected chi connectivity index (χ1v) is 11.6. The van der Waals surface area contributed by atoms with Gasteiger partial charge in [-0.1, -0.05) is 6.07 Å². The lowest BCUT2D eigenvalue weighted by atomic mass is 10.1. The fourth-order valence-corrected chi connectivity index (χ4v) is 4.85. The van der Waals surface area contributed by atoms with E-state index in [4.69, 9.17) is 18.9 Å². The number of ether oxygens (including phenoxy) is 4. The van der Waals surface area contributed by atoms with Gasteiger partial charge in [-0.25, -0.2) is 8.42 Å². The number of carbonyl (C=O) groups is 1. The number of morpholine rings is 1. The number of benzene rings is 2. The molecule has 32 heavy (non-hydrogen) atoms. The molecule has 1 aliphatic rings. The maximum atomic E-state index is 12.9. The smallest absolute Gasteiger partial charge is 0.255 e. The van der Waals surface area contributed by atoms with E-state index in [9.17, 15) is 13.2 Å².